The SMILES string of the molecule is COC(=O)C(Cc1ccccc1)Oc1ccc2cc(-c3ccc(-c4ccccc4)n3-c3ccccc3)ccc2c1. The third-order valence-corrected chi connectivity index (χ3v) is 7.08. The molecule has 1 aromatic heterocycles. The van der Waals surface area contributed by atoms with E-state index < -0.39 is 12.1 Å². The monoisotopic (exact) mass is 523 g/mol. The summed E-state index contributed by atoms with van der Waals surface area (Å²) in [5.41, 5.74) is 6.65. The first-order valence-electron chi connectivity index (χ1n) is 13.3. The molecule has 0 saturated heterocycles. The smallest absolute Gasteiger partial charge is 0.347 e. The van der Waals surface area contributed by atoms with Crippen LogP contribution in [0.4, 0.5) is 0 Å². The zero-order valence-electron chi connectivity index (χ0n) is 22.2. The third kappa shape index (κ3) is 5.25. The lowest BCUT2D eigenvalue weighted by Crippen LogP contribution is -2.30. The van der Waals surface area contributed by atoms with Crippen LogP contribution in [0.3, 0.4) is 0 Å². The zero-order chi connectivity index (χ0) is 27.3. The van der Waals surface area contributed by atoms with E-state index in [1.54, 1.807) is 0 Å². The minimum atomic E-state index is -0.727. The van der Waals surface area contributed by atoms with Gasteiger partial charge in [0.05, 0.1) is 18.5 Å². The summed E-state index contributed by atoms with van der Waals surface area (Å²) >= 11 is 0. The van der Waals surface area contributed by atoms with Crippen LogP contribution in [0, 0.1) is 0 Å². The van der Waals surface area contributed by atoms with Crippen molar-refractivity contribution in [2.75, 3.05) is 7.11 Å². The molecule has 0 saturated carbocycles. The second kappa shape index (κ2) is 11.3. The van der Waals surface area contributed by atoms with Crippen LogP contribution < -0.4 is 4.74 Å². The van der Waals surface area contributed by atoms with Crippen molar-refractivity contribution in [3.63, 3.8) is 0 Å². The molecule has 0 spiro atoms. The molecule has 0 aliphatic heterocycles. The minimum Gasteiger partial charge on any atom is -0.478 e. The van der Waals surface area contributed by atoms with Crippen LogP contribution in [-0.4, -0.2) is 23.8 Å². The van der Waals surface area contributed by atoms with Gasteiger partial charge in [0.1, 0.15) is 5.75 Å². The number of ether oxygens (including phenoxy) is 2. The van der Waals surface area contributed by atoms with Gasteiger partial charge >= 0.3 is 5.97 Å². The Morgan fingerprint density at radius 2 is 1.25 bits per heavy atom. The molecular formula is C36H29NO3. The molecule has 0 fully saturated rings. The summed E-state index contributed by atoms with van der Waals surface area (Å²) < 4.78 is 13.5. The van der Waals surface area contributed by atoms with Crippen molar-refractivity contribution in [3.8, 4) is 34.0 Å². The van der Waals surface area contributed by atoms with E-state index in [0.29, 0.717) is 12.2 Å². The highest BCUT2D eigenvalue weighted by Gasteiger charge is 2.22. The van der Waals surface area contributed by atoms with Crippen molar-refractivity contribution in [2.24, 2.45) is 0 Å². The highest BCUT2D eigenvalue weighted by atomic mass is 16.6. The van der Waals surface area contributed by atoms with Crippen LogP contribution in [0.5, 0.6) is 5.75 Å². The van der Waals surface area contributed by atoms with Crippen molar-refractivity contribution in [3.05, 3.63) is 145 Å². The number of para-hydroxylation sites is 1. The fourth-order valence-electron chi connectivity index (χ4n) is 5.10. The summed E-state index contributed by atoms with van der Waals surface area (Å²) in [5.74, 6) is 0.237. The zero-order valence-corrected chi connectivity index (χ0v) is 22.2. The third-order valence-electron chi connectivity index (χ3n) is 7.08. The number of hydrogen-bond donors (Lipinski definition) is 0. The van der Waals surface area contributed by atoms with Gasteiger partial charge in [-0.3, -0.25) is 0 Å². The van der Waals surface area contributed by atoms with E-state index in [-0.39, 0.29) is 0 Å². The van der Waals surface area contributed by atoms with Crippen LogP contribution in [0.15, 0.2) is 140 Å². The fraction of sp³-hybridized carbons (Fsp3) is 0.0833. The molecule has 4 heteroatoms. The number of nitrogens with zero attached hydrogens (tertiary/aromatic N) is 1. The first kappa shape index (κ1) is 25.2. The molecule has 6 rings (SSSR count). The predicted octanol–water partition coefficient (Wildman–Crippen LogP) is 8.13. The molecule has 0 radical (unpaired) electrons. The quantitative estimate of drug-likeness (QED) is 0.189. The van der Waals surface area contributed by atoms with E-state index in [9.17, 15) is 4.79 Å². The average Bonchev–Trinajstić information content (AvgIpc) is 3.47. The van der Waals surface area contributed by atoms with Gasteiger partial charge in [-0.1, -0.05) is 97.1 Å². The Labute approximate surface area is 234 Å². The Morgan fingerprint density at radius 3 is 1.95 bits per heavy atom. The number of fused-ring (bicyclic) bond motifs is 1. The molecule has 0 N–H and O–H groups in total. The summed E-state index contributed by atoms with van der Waals surface area (Å²) in [4.78, 5) is 12.5. The Kier molecular flexibility index (Phi) is 7.14. The average molecular weight is 524 g/mol. The maximum absolute atomic E-state index is 12.5. The van der Waals surface area contributed by atoms with Crippen molar-refractivity contribution in [1.29, 1.82) is 0 Å². The summed E-state index contributed by atoms with van der Waals surface area (Å²) in [6.07, 6.45) is -0.292. The number of carbonyl (C=O) groups is 1. The Bertz CT molecular complexity index is 1740. The molecule has 1 unspecified atom stereocenters. The van der Waals surface area contributed by atoms with Crippen LogP contribution in [0.1, 0.15) is 5.56 Å². The Balaban J connectivity index is 1.34. The molecule has 0 bridgehead atoms. The largest absolute Gasteiger partial charge is 0.478 e. The van der Waals surface area contributed by atoms with E-state index in [1.807, 2.05) is 60.7 Å². The van der Waals surface area contributed by atoms with Crippen LogP contribution in [-0.2, 0) is 16.0 Å². The Morgan fingerprint density at radius 1 is 0.650 bits per heavy atom. The lowest BCUT2D eigenvalue weighted by molar-refractivity contribution is -0.148. The lowest BCUT2D eigenvalue weighted by atomic mass is 10.0. The summed E-state index contributed by atoms with van der Waals surface area (Å²) in [7, 11) is 1.39. The molecule has 0 amide bonds. The van der Waals surface area contributed by atoms with E-state index in [2.05, 4.69) is 83.4 Å². The minimum absolute atomic E-state index is 0.393. The van der Waals surface area contributed by atoms with E-state index in [0.717, 1.165) is 44.5 Å². The van der Waals surface area contributed by atoms with Crippen LogP contribution in [0.25, 0.3) is 39.0 Å². The number of esters is 1. The van der Waals surface area contributed by atoms with Crippen molar-refractivity contribution < 1.29 is 14.3 Å². The van der Waals surface area contributed by atoms with Crippen LogP contribution >= 0.6 is 0 Å². The standard InChI is InChI=1S/C36H29NO3/c1-39-36(38)35(23-26-11-5-2-6-12-26)40-32-20-19-28-24-30(18-17-29(28)25-32)34-22-21-33(27-13-7-3-8-14-27)37(34)31-15-9-4-10-16-31/h2-22,24-25,35H,23H2,1H3. The molecule has 6 aromatic rings. The number of aromatic nitrogens is 1. The molecule has 4 nitrogen and oxygen atoms in total. The summed E-state index contributed by atoms with van der Waals surface area (Å²) in [6, 6.07) is 47.4. The fourth-order valence-corrected chi connectivity index (χ4v) is 5.10. The van der Waals surface area contributed by atoms with Crippen LogP contribution in [0.2, 0.25) is 0 Å². The highest BCUT2D eigenvalue weighted by molar-refractivity contribution is 5.89. The number of hydrogen-bond acceptors (Lipinski definition) is 3. The second-order valence-electron chi connectivity index (χ2n) is 9.68. The topological polar surface area (TPSA) is 40.5 Å². The molecule has 40 heavy (non-hydrogen) atoms. The van der Waals surface area contributed by atoms with Gasteiger partial charge in [0.2, 0.25) is 0 Å². The van der Waals surface area contributed by atoms with Gasteiger partial charge in [-0.25, -0.2) is 4.79 Å². The number of rotatable bonds is 8. The Hall–Kier alpha value is -5.09. The maximum atomic E-state index is 12.5. The molecule has 0 aliphatic carbocycles. The van der Waals surface area contributed by atoms with Gasteiger partial charge in [-0.05, 0) is 69.9 Å². The molecule has 0 aliphatic rings. The van der Waals surface area contributed by atoms with Gasteiger partial charge in [0.25, 0.3) is 0 Å². The van der Waals surface area contributed by atoms with Gasteiger partial charge in [0, 0.05) is 12.1 Å². The lowest BCUT2D eigenvalue weighted by Gasteiger charge is -2.18. The molecule has 1 atom stereocenters. The molecular weight excluding hydrogens is 494 g/mol. The van der Waals surface area contributed by atoms with Gasteiger partial charge < -0.3 is 14.0 Å². The number of benzene rings is 5. The van der Waals surface area contributed by atoms with E-state index in [4.69, 9.17) is 9.47 Å². The van der Waals surface area contributed by atoms with Crippen molar-refractivity contribution in [2.45, 2.75) is 12.5 Å². The van der Waals surface area contributed by atoms with Crippen molar-refractivity contribution in [1.82, 2.24) is 4.57 Å². The molecule has 1 heterocycles. The second-order valence-corrected chi connectivity index (χ2v) is 9.68. The normalized spacial score (nSPS) is 11.7. The highest BCUT2D eigenvalue weighted by Crippen LogP contribution is 2.34. The number of carbonyl (C=O) groups excluding carboxylic acids is 1. The summed E-state index contributed by atoms with van der Waals surface area (Å²) in [5, 5.41) is 2.12. The van der Waals surface area contributed by atoms with Gasteiger partial charge in [0.15, 0.2) is 6.10 Å². The first-order valence-corrected chi connectivity index (χ1v) is 13.3. The maximum Gasteiger partial charge on any atom is 0.347 e. The summed E-state index contributed by atoms with van der Waals surface area (Å²) in [6.45, 7) is 0. The molecule has 5 aromatic carbocycles. The van der Waals surface area contributed by atoms with Crippen molar-refractivity contribution >= 4 is 16.7 Å². The number of methoxy groups -OCH3 is 1. The first-order chi connectivity index (χ1) is 19.7. The molecule has 196 valence electrons. The van der Waals surface area contributed by atoms with E-state index in [1.165, 1.54) is 7.11 Å². The van der Waals surface area contributed by atoms with Gasteiger partial charge in [-0.2, -0.15) is 0 Å². The van der Waals surface area contributed by atoms with E-state index >= 15 is 0 Å². The predicted molar refractivity (Wildman–Crippen MR) is 161 cm³/mol. The van der Waals surface area contributed by atoms with Gasteiger partial charge in [-0.15, -0.1) is 0 Å².